The van der Waals surface area contributed by atoms with E-state index in [-0.39, 0.29) is 42.8 Å². The Kier molecular flexibility index (Phi) is 10.5. The molecule has 6 atom stereocenters. The second-order valence-electron chi connectivity index (χ2n) is 11.3. The molecule has 48 heavy (non-hydrogen) atoms. The number of hydrogen-bond acceptors (Lipinski definition) is 10. The van der Waals surface area contributed by atoms with E-state index in [2.05, 4.69) is 15.0 Å². The zero-order valence-electron chi connectivity index (χ0n) is 24.9. The van der Waals surface area contributed by atoms with E-state index >= 15 is 0 Å². The SMILES string of the molecule is CNS(=O)(=O)N1CCC(O)([C@H](S[C@@H]2O[C@H](CO)[C@H](O)[C@H](n3cc(-c4cc(F)c(F)c(F)c4)nn3)[C@H]2O)c2ccccc2C(F)(F)F)CC1. The molecule has 0 spiro atoms. The van der Waals surface area contributed by atoms with Crippen LogP contribution in [-0.2, 0) is 21.1 Å². The molecule has 0 amide bonds. The van der Waals surface area contributed by atoms with E-state index in [1.54, 1.807) is 0 Å². The molecule has 0 unspecified atom stereocenters. The van der Waals surface area contributed by atoms with Gasteiger partial charge >= 0.3 is 6.18 Å². The standard InChI is InChI=1S/C28H31F6N5O7S2/c1-35-48(44,45)38-8-6-27(43,7-9-38)25(15-4-2-3-5-16(15)28(32,33)34)47-26-24(42)22(23(41)20(13-40)46-26)39-12-19(36-37-39)14-10-17(29)21(31)18(30)11-14/h2-5,10-12,20,22-26,35,40-43H,6-9,13H2,1H3/t20-,22+,23+,24-,25-,26+/m1/s1. The summed E-state index contributed by atoms with van der Waals surface area (Å²) in [7, 11) is -2.73. The smallest absolute Gasteiger partial charge is 0.394 e. The highest BCUT2D eigenvalue weighted by Crippen LogP contribution is 2.52. The Morgan fingerprint density at radius 2 is 1.73 bits per heavy atom. The van der Waals surface area contributed by atoms with Gasteiger partial charge in [0, 0.05) is 25.7 Å². The van der Waals surface area contributed by atoms with Crippen LogP contribution in [0.1, 0.15) is 35.3 Å². The molecule has 12 nitrogen and oxygen atoms in total. The number of ether oxygens (including phenoxy) is 1. The number of piperidine rings is 1. The van der Waals surface area contributed by atoms with Crippen LogP contribution in [0, 0.1) is 17.5 Å². The summed E-state index contributed by atoms with van der Waals surface area (Å²) >= 11 is 0.575. The molecule has 0 bridgehead atoms. The van der Waals surface area contributed by atoms with Gasteiger partial charge in [0.05, 0.1) is 29.2 Å². The second kappa shape index (κ2) is 13.8. The van der Waals surface area contributed by atoms with E-state index < -0.39 is 86.6 Å². The Hall–Kier alpha value is -2.82. The summed E-state index contributed by atoms with van der Waals surface area (Å²) in [6, 6.07) is 4.23. The van der Waals surface area contributed by atoms with Gasteiger partial charge in [0.2, 0.25) is 0 Å². The fraction of sp³-hybridized carbons (Fsp3) is 0.500. The van der Waals surface area contributed by atoms with Crippen molar-refractivity contribution in [2.75, 3.05) is 26.7 Å². The maximum absolute atomic E-state index is 14.3. The van der Waals surface area contributed by atoms with Crippen molar-refractivity contribution in [2.24, 2.45) is 0 Å². The first-order valence-corrected chi connectivity index (χ1v) is 16.8. The zero-order chi connectivity index (χ0) is 35.2. The molecule has 2 aromatic carbocycles. The Morgan fingerprint density at radius 3 is 2.31 bits per heavy atom. The summed E-state index contributed by atoms with van der Waals surface area (Å²) in [5, 5.41) is 50.6. The lowest BCUT2D eigenvalue weighted by molar-refractivity contribution is -0.179. The van der Waals surface area contributed by atoms with Crippen LogP contribution in [0.15, 0.2) is 42.6 Å². The quantitative estimate of drug-likeness (QED) is 0.163. The maximum atomic E-state index is 14.3. The Bertz CT molecular complexity index is 1700. The lowest BCUT2D eigenvalue weighted by Gasteiger charge is -2.47. The lowest BCUT2D eigenvalue weighted by Crippen LogP contribution is -2.56. The van der Waals surface area contributed by atoms with Crippen LogP contribution in [0.2, 0.25) is 0 Å². The molecule has 5 rings (SSSR count). The Balaban J connectivity index is 1.51. The minimum Gasteiger partial charge on any atom is -0.394 e. The topological polar surface area (TPSA) is 170 Å². The summed E-state index contributed by atoms with van der Waals surface area (Å²) in [5.41, 5.74) is -5.44. The van der Waals surface area contributed by atoms with Crippen molar-refractivity contribution in [3.8, 4) is 11.3 Å². The number of aliphatic hydroxyl groups excluding tert-OH is 3. The van der Waals surface area contributed by atoms with Crippen LogP contribution in [0.25, 0.3) is 11.3 Å². The number of halogens is 6. The van der Waals surface area contributed by atoms with Crippen molar-refractivity contribution in [1.29, 1.82) is 0 Å². The van der Waals surface area contributed by atoms with Gasteiger partial charge in [0.15, 0.2) is 17.5 Å². The Morgan fingerprint density at radius 1 is 1.10 bits per heavy atom. The van der Waals surface area contributed by atoms with Crippen LogP contribution < -0.4 is 4.72 Å². The molecule has 0 radical (unpaired) electrons. The van der Waals surface area contributed by atoms with Crippen molar-refractivity contribution in [3.05, 3.63) is 71.2 Å². The summed E-state index contributed by atoms with van der Waals surface area (Å²) in [6.07, 6.45) is -9.38. The fourth-order valence-corrected chi connectivity index (χ4v) is 8.42. The normalized spacial score (nSPS) is 26.0. The minimum atomic E-state index is -4.88. The number of thioether (sulfide) groups is 1. The number of alkyl halides is 3. The van der Waals surface area contributed by atoms with Crippen LogP contribution in [0.5, 0.6) is 0 Å². The largest absolute Gasteiger partial charge is 0.416 e. The third-order valence-corrected chi connectivity index (χ3v) is 11.6. The molecule has 3 aromatic rings. The predicted octanol–water partition coefficient (Wildman–Crippen LogP) is 2.13. The average molecular weight is 728 g/mol. The number of aliphatic hydroxyl groups is 4. The third-order valence-electron chi connectivity index (χ3n) is 8.44. The summed E-state index contributed by atoms with van der Waals surface area (Å²) in [6.45, 7) is -1.35. The van der Waals surface area contributed by atoms with Gasteiger partial charge < -0.3 is 25.2 Å². The molecule has 2 aliphatic heterocycles. The molecule has 2 aliphatic rings. The molecule has 2 fully saturated rings. The summed E-state index contributed by atoms with van der Waals surface area (Å²) in [5.74, 6) is -4.75. The van der Waals surface area contributed by atoms with E-state index in [1.165, 1.54) is 13.1 Å². The minimum absolute atomic E-state index is 0.196. The van der Waals surface area contributed by atoms with Gasteiger partial charge in [-0.2, -0.15) is 25.9 Å². The maximum Gasteiger partial charge on any atom is 0.416 e. The van der Waals surface area contributed by atoms with E-state index in [0.29, 0.717) is 23.9 Å². The van der Waals surface area contributed by atoms with Gasteiger partial charge in [-0.1, -0.05) is 23.4 Å². The van der Waals surface area contributed by atoms with E-state index in [1.807, 2.05) is 0 Å². The third kappa shape index (κ3) is 7.08. The number of nitrogens with zero attached hydrogens (tertiary/aromatic N) is 4. The van der Waals surface area contributed by atoms with E-state index in [0.717, 1.165) is 33.4 Å². The highest BCUT2D eigenvalue weighted by atomic mass is 32.2. The van der Waals surface area contributed by atoms with Crippen molar-refractivity contribution in [3.63, 3.8) is 0 Å². The summed E-state index contributed by atoms with van der Waals surface area (Å²) in [4.78, 5) is 0. The van der Waals surface area contributed by atoms with Crippen LogP contribution >= 0.6 is 11.8 Å². The van der Waals surface area contributed by atoms with Crippen LogP contribution in [-0.4, -0.2) is 104 Å². The number of rotatable bonds is 9. The van der Waals surface area contributed by atoms with Crippen molar-refractivity contribution in [1.82, 2.24) is 24.0 Å². The second-order valence-corrected chi connectivity index (χ2v) is 14.4. The highest BCUT2D eigenvalue weighted by molar-refractivity contribution is 8.00. The molecule has 264 valence electrons. The summed E-state index contributed by atoms with van der Waals surface area (Å²) < 4.78 is 119. The first-order valence-electron chi connectivity index (χ1n) is 14.4. The van der Waals surface area contributed by atoms with Crippen molar-refractivity contribution >= 4 is 22.0 Å². The highest BCUT2D eigenvalue weighted by Gasteiger charge is 2.52. The first-order chi connectivity index (χ1) is 22.5. The van der Waals surface area contributed by atoms with Gasteiger partial charge in [-0.05, 0) is 36.6 Å². The molecule has 20 heteroatoms. The van der Waals surface area contributed by atoms with Gasteiger partial charge in [-0.25, -0.2) is 22.6 Å². The van der Waals surface area contributed by atoms with Crippen LogP contribution in [0.4, 0.5) is 26.3 Å². The number of benzene rings is 2. The van der Waals surface area contributed by atoms with Crippen molar-refractivity contribution in [2.45, 2.75) is 59.7 Å². The molecular formula is C28H31F6N5O7S2. The van der Waals surface area contributed by atoms with Gasteiger partial charge in [0.25, 0.3) is 10.2 Å². The number of aromatic nitrogens is 3. The molecule has 0 saturated carbocycles. The van der Waals surface area contributed by atoms with Gasteiger partial charge in [0.1, 0.15) is 35.5 Å². The molecular weight excluding hydrogens is 696 g/mol. The molecule has 1 aromatic heterocycles. The monoisotopic (exact) mass is 727 g/mol. The average Bonchev–Trinajstić information content (AvgIpc) is 3.53. The zero-order valence-corrected chi connectivity index (χ0v) is 26.6. The molecule has 0 aliphatic carbocycles. The van der Waals surface area contributed by atoms with Gasteiger partial charge in [-0.3, -0.25) is 0 Å². The van der Waals surface area contributed by atoms with Gasteiger partial charge in [-0.15, -0.1) is 16.9 Å². The first kappa shape index (κ1) is 36.5. The molecule has 5 N–H and O–H groups in total. The van der Waals surface area contributed by atoms with E-state index in [4.69, 9.17) is 4.74 Å². The fourth-order valence-electron chi connectivity index (χ4n) is 5.86. The van der Waals surface area contributed by atoms with Crippen molar-refractivity contribution < 1.29 is 59.9 Å². The number of nitrogens with one attached hydrogen (secondary N) is 1. The number of hydrogen-bond donors (Lipinski definition) is 5. The lowest BCUT2D eigenvalue weighted by atomic mass is 9.84. The van der Waals surface area contributed by atoms with Crippen LogP contribution in [0.3, 0.4) is 0 Å². The molecule has 2 saturated heterocycles. The Labute approximate surface area is 274 Å². The van der Waals surface area contributed by atoms with E-state index in [9.17, 15) is 55.2 Å². The molecule has 3 heterocycles. The predicted molar refractivity (Wildman–Crippen MR) is 158 cm³/mol.